The van der Waals surface area contributed by atoms with E-state index in [1.807, 2.05) is 30.3 Å². The fourth-order valence-corrected chi connectivity index (χ4v) is 3.94. The standard InChI is InChI=1S/C28H23NO6/c1-34-27(32)21(17-18-11-5-2-6-12-18)29-26(31)23(20-15-9-4-10-16-20)25-24(30)22(28(33)35-25)19-13-7-3-8-14-19/h2-16,21-22H,17H2,1H3,(H,29,31)/t21-,22+/m0/s1. The van der Waals surface area contributed by atoms with Crippen LogP contribution in [0.15, 0.2) is 96.8 Å². The minimum absolute atomic E-state index is 0.121. The fraction of sp³-hybridized carbons (Fsp3) is 0.143. The Morgan fingerprint density at radius 2 is 1.46 bits per heavy atom. The van der Waals surface area contributed by atoms with Gasteiger partial charge in [0.1, 0.15) is 12.0 Å². The first-order chi connectivity index (χ1) is 17.0. The van der Waals surface area contributed by atoms with Gasteiger partial charge < -0.3 is 14.8 Å². The van der Waals surface area contributed by atoms with Crippen LogP contribution in [-0.2, 0) is 35.1 Å². The zero-order valence-electron chi connectivity index (χ0n) is 19.0. The summed E-state index contributed by atoms with van der Waals surface area (Å²) in [6, 6.07) is 25.0. The van der Waals surface area contributed by atoms with Gasteiger partial charge in [-0.3, -0.25) is 14.4 Å². The Balaban J connectivity index is 1.72. The number of Topliss-reactive ketones (excluding diaryl/α,β-unsaturated/α-hetero) is 1. The molecule has 1 aliphatic rings. The van der Waals surface area contributed by atoms with Crippen LogP contribution >= 0.6 is 0 Å². The number of rotatable bonds is 7. The molecule has 0 aliphatic carbocycles. The maximum absolute atomic E-state index is 13.5. The normalized spacial score (nSPS) is 17.3. The van der Waals surface area contributed by atoms with Crippen LogP contribution in [0.3, 0.4) is 0 Å². The minimum atomic E-state index is -1.17. The summed E-state index contributed by atoms with van der Waals surface area (Å²) in [7, 11) is 1.23. The highest BCUT2D eigenvalue weighted by atomic mass is 16.6. The van der Waals surface area contributed by atoms with E-state index in [2.05, 4.69) is 5.32 Å². The smallest absolute Gasteiger partial charge is 0.328 e. The molecular weight excluding hydrogens is 446 g/mol. The Morgan fingerprint density at radius 3 is 2.06 bits per heavy atom. The molecule has 176 valence electrons. The number of cyclic esters (lactones) is 1. The molecule has 0 saturated carbocycles. The summed E-state index contributed by atoms with van der Waals surface area (Å²) in [5.74, 6) is -4.27. The number of ether oxygens (including phenoxy) is 2. The van der Waals surface area contributed by atoms with Crippen molar-refractivity contribution in [3.63, 3.8) is 0 Å². The summed E-state index contributed by atoms with van der Waals surface area (Å²) < 4.78 is 10.3. The first-order valence-corrected chi connectivity index (χ1v) is 11.0. The van der Waals surface area contributed by atoms with E-state index < -0.39 is 35.6 Å². The third kappa shape index (κ3) is 5.19. The van der Waals surface area contributed by atoms with Gasteiger partial charge in [0.2, 0.25) is 5.78 Å². The molecule has 1 aliphatic heterocycles. The number of nitrogens with one attached hydrogen (secondary N) is 1. The van der Waals surface area contributed by atoms with E-state index in [9.17, 15) is 19.2 Å². The van der Waals surface area contributed by atoms with E-state index in [1.165, 1.54) is 7.11 Å². The Hall–Kier alpha value is -4.52. The van der Waals surface area contributed by atoms with E-state index in [4.69, 9.17) is 9.47 Å². The highest BCUT2D eigenvalue weighted by Gasteiger charge is 2.44. The topological polar surface area (TPSA) is 98.8 Å². The number of carbonyl (C=O) groups is 4. The molecule has 1 saturated heterocycles. The quantitative estimate of drug-likeness (QED) is 0.324. The molecule has 0 aromatic heterocycles. The monoisotopic (exact) mass is 469 g/mol. The van der Waals surface area contributed by atoms with Crippen LogP contribution in [-0.4, -0.2) is 36.8 Å². The first-order valence-electron chi connectivity index (χ1n) is 11.0. The van der Waals surface area contributed by atoms with Gasteiger partial charge in [-0.1, -0.05) is 91.0 Å². The average Bonchev–Trinajstić information content (AvgIpc) is 3.18. The molecule has 3 aromatic rings. The van der Waals surface area contributed by atoms with Crippen molar-refractivity contribution in [3.8, 4) is 0 Å². The van der Waals surface area contributed by atoms with Gasteiger partial charge in [0.25, 0.3) is 5.91 Å². The third-order valence-electron chi connectivity index (χ3n) is 5.65. The van der Waals surface area contributed by atoms with Crippen molar-refractivity contribution in [2.45, 2.75) is 18.4 Å². The zero-order valence-corrected chi connectivity index (χ0v) is 19.0. The molecule has 7 heteroatoms. The van der Waals surface area contributed by atoms with Crippen molar-refractivity contribution < 1.29 is 28.7 Å². The highest BCUT2D eigenvalue weighted by Crippen LogP contribution is 2.34. The van der Waals surface area contributed by atoms with Gasteiger partial charge in [-0.25, -0.2) is 4.79 Å². The molecule has 7 nitrogen and oxygen atoms in total. The lowest BCUT2D eigenvalue weighted by molar-refractivity contribution is -0.144. The second kappa shape index (κ2) is 10.6. The number of amides is 1. The van der Waals surface area contributed by atoms with Crippen molar-refractivity contribution >= 4 is 29.2 Å². The van der Waals surface area contributed by atoms with Crippen LogP contribution in [0, 0.1) is 0 Å². The van der Waals surface area contributed by atoms with Gasteiger partial charge >= 0.3 is 11.9 Å². The SMILES string of the molecule is COC(=O)[C@H](Cc1ccccc1)NC(=O)C(=C1OC(=O)[C@H](c2ccccc2)C1=O)c1ccccc1. The number of esters is 2. The Labute approximate surface area is 202 Å². The Morgan fingerprint density at radius 1 is 0.886 bits per heavy atom. The van der Waals surface area contributed by atoms with E-state index in [-0.39, 0.29) is 17.8 Å². The van der Waals surface area contributed by atoms with Gasteiger partial charge in [-0.15, -0.1) is 0 Å². The molecule has 1 amide bonds. The summed E-state index contributed by atoms with van der Waals surface area (Å²) >= 11 is 0. The largest absolute Gasteiger partial charge is 0.467 e. The zero-order chi connectivity index (χ0) is 24.8. The number of methoxy groups -OCH3 is 1. The van der Waals surface area contributed by atoms with Gasteiger partial charge in [0.15, 0.2) is 5.76 Å². The molecule has 0 radical (unpaired) electrons. The molecular formula is C28H23NO6. The Bertz CT molecular complexity index is 1270. The number of benzene rings is 3. The molecule has 2 atom stereocenters. The molecule has 0 spiro atoms. The van der Waals surface area contributed by atoms with Crippen LogP contribution in [0.1, 0.15) is 22.6 Å². The van der Waals surface area contributed by atoms with Crippen LogP contribution in [0.2, 0.25) is 0 Å². The predicted octanol–water partition coefficient (Wildman–Crippen LogP) is 3.21. The summed E-state index contributed by atoms with van der Waals surface area (Å²) in [5.41, 5.74) is 1.54. The lowest BCUT2D eigenvalue weighted by Crippen LogP contribution is -2.43. The minimum Gasteiger partial charge on any atom is -0.467 e. The molecule has 1 fully saturated rings. The molecule has 35 heavy (non-hydrogen) atoms. The molecule has 1 N–H and O–H groups in total. The summed E-state index contributed by atoms with van der Waals surface area (Å²) in [5, 5.41) is 2.67. The number of allylic oxidation sites excluding steroid dienone is 1. The summed E-state index contributed by atoms with van der Waals surface area (Å²) in [4.78, 5) is 52.0. The second-order valence-corrected chi connectivity index (χ2v) is 7.94. The van der Waals surface area contributed by atoms with E-state index in [0.29, 0.717) is 11.1 Å². The van der Waals surface area contributed by atoms with Gasteiger partial charge in [-0.2, -0.15) is 0 Å². The summed E-state index contributed by atoms with van der Waals surface area (Å²) in [6.45, 7) is 0. The third-order valence-corrected chi connectivity index (χ3v) is 5.65. The lowest BCUT2D eigenvalue weighted by Gasteiger charge is -2.18. The second-order valence-electron chi connectivity index (χ2n) is 7.94. The van der Waals surface area contributed by atoms with E-state index in [0.717, 1.165) is 5.56 Å². The van der Waals surface area contributed by atoms with Crippen LogP contribution in [0.25, 0.3) is 5.57 Å². The van der Waals surface area contributed by atoms with Crippen molar-refractivity contribution in [2.75, 3.05) is 7.11 Å². The molecule has 4 rings (SSSR count). The number of hydrogen-bond donors (Lipinski definition) is 1. The van der Waals surface area contributed by atoms with Crippen LogP contribution in [0.4, 0.5) is 0 Å². The number of ketones is 1. The number of hydrogen-bond acceptors (Lipinski definition) is 6. The highest BCUT2D eigenvalue weighted by molar-refractivity contribution is 6.30. The van der Waals surface area contributed by atoms with E-state index >= 15 is 0 Å². The van der Waals surface area contributed by atoms with Crippen LogP contribution < -0.4 is 5.32 Å². The van der Waals surface area contributed by atoms with Gasteiger partial charge in [-0.05, 0) is 16.7 Å². The Kier molecular flexibility index (Phi) is 7.16. The molecule has 0 bridgehead atoms. The molecule has 1 heterocycles. The molecule has 0 unspecified atom stereocenters. The first kappa shape index (κ1) is 23.6. The maximum atomic E-state index is 13.5. The lowest BCUT2D eigenvalue weighted by atomic mass is 9.93. The van der Waals surface area contributed by atoms with Gasteiger partial charge in [0, 0.05) is 6.42 Å². The average molecular weight is 469 g/mol. The van der Waals surface area contributed by atoms with Crippen molar-refractivity contribution in [1.29, 1.82) is 0 Å². The van der Waals surface area contributed by atoms with Gasteiger partial charge in [0.05, 0.1) is 12.7 Å². The summed E-state index contributed by atoms with van der Waals surface area (Å²) in [6.07, 6.45) is 0.178. The van der Waals surface area contributed by atoms with E-state index in [1.54, 1.807) is 60.7 Å². The van der Waals surface area contributed by atoms with Crippen molar-refractivity contribution in [2.24, 2.45) is 0 Å². The predicted molar refractivity (Wildman–Crippen MR) is 128 cm³/mol. The van der Waals surface area contributed by atoms with Crippen molar-refractivity contribution in [3.05, 3.63) is 113 Å². The molecule has 3 aromatic carbocycles. The van der Waals surface area contributed by atoms with Crippen molar-refractivity contribution in [1.82, 2.24) is 5.32 Å². The maximum Gasteiger partial charge on any atom is 0.328 e. The number of carbonyl (C=O) groups excluding carboxylic acids is 4. The van der Waals surface area contributed by atoms with Crippen LogP contribution in [0.5, 0.6) is 0 Å². The fourth-order valence-electron chi connectivity index (χ4n) is 3.94.